The van der Waals surface area contributed by atoms with Crippen molar-refractivity contribution in [2.75, 3.05) is 25.1 Å². The van der Waals surface area contributed by atoms with Crippen molar-refractivity contribution in [1.29, 1.82) is 0 Å². The molecule has 0 radical (unpaired) electrons. The molecule has 2 rings (SSSR count). The summed E-state index contributed by atoms with van der Waals surface area (Å²) in [5.74, 6) is 0.528. The number of aromatic nitrogens is 2. The molecule has 0 unspecified atom stereocenters. The number of para-hydroxylation sites is 1. The van der Waals surface area contributed by atoms with Crippen LogP contribution in [-0.4, -0.2) is 29.7 Å². The van der Waals surface area contributed by atoms with E-state index in [4.69, 9.17) is 4.74 Å². The van der Waals surface area contributed by atoms with Crippen molar-refractivity contribution < 1.29 is 4.74 Å². The van der Waals surface area contributed by atoms with Crippen LogP contribution in [0, 0.1) is 0 Å². The molecule has 5 nitrogen and oxygen atoms in total. The molecule has 0 bridgehead atoms. The normalized spacial score (nSPS) is 10.8. The summed E-state index contributed by atoms with van der Waals surface area (Å²) in [7, 11) is 0. The van der Waals surface area contributed by atoms with Crippen LogP contribution in [0.3, 0.4) is 0 Å². The first kappa shape index (κ1) is 13.5. The van der Waals surface area contributed by atoms with Gasteiger partial charge in [0.2, 0.25) is 5.95 Å². The van der Waals surface area contributed by atoms with Crippen molar-refractivity contribution in [2.24, 2.45) is 0 Å². The Morgan fingerprint density at radius 2 is 2.16 bits per heavy atom. The van der Waals surface area contributed by atoms with Crippen molar-refractivity contribution in [2.45, 2.75) is 19.8 Å². The molecule has 1 aromatic carbocycles. The minimum absolute atomic E-state index is 0.109. The minimum Gasteiger partial charge on any atom is -0.382 e. The Hall–Kier alpha value is -1.88. The summed E-state index contributed by atoms with van der Waals surface area (Å²) in [4.78, 5) is 18.9. The van der Waals surface area contributed by atoms with Gasteiger partial charge in [0.1, 0.15) is 0 Å². The monoisotopic (exact) mass is 261 g/mol. The molecule has 0 fully saturated rings. The molecule has 0 atom stereocenters. The van der Waals surface area contributed by atoms with E-state index < -0.39 is 0 Å². The summed E-state index contributed by atoms with van der Waals surface area (Å²) in [5.41, 5.74) is 0.602. The lowest BCUT2D eigenvalue weighted by Crippen LogP contribution is -2.14. The Bertz CT molecular complexity index is 580. The second kappa shape index (κ2) is 6.89. The maximum atomic E-state index is 11.8. The van der Waals surface area contributed by atoms with Crippen LogP contribution < -0.4 is 10.9 Å². The van der Waals surface area contributed by atoms with Gasteiger partial charge in [-0.05, 0) is 31.9 Å². The number of nitrogens with one attached hydrogen (secondary N) is 2. The summed E-state index contributed by atoms with van der Waals surface area (Å²) >= 11 is 0. The molecule has 0 aliphatic rings. The highest BCUT2D eigenvalue weighted by molar-refractivity contribution is 5.78. The van der Waals surface area contributed by atoms with Crippen LogP contribution in [0.25, 0.3) is 10.9 Å². The molecule has 2 N–H and O–H groups in total. The first-order chi connectivity index (χ1) is 9.31. The second-order valence-electron chi connectivity index (χ2n) is 4.26. The molecular formula is C14H19N3O2. The number of aromatic amines is 1. The second-order valence-corrected chi connectivity index (χ2v) is 4.26. The predicted octanol–water partition coefficient (Wildman–Crippen LogP) is 2.15. The number of hydrogen-bond donors (Lipinski definition) is 2. The summed E-state index contributed by atoms with van der Waals surface area (Å²) < 4.78 is 5.26. The number of unbranched alkanes of at least 4 members (excludes halogenated alkanes) is 1. The molecule has 0 aliphatic carbocycles. The number of nitrogens with zero attached hydrogens (tertiary/aromatic N) is 1. The van der Waals surface area contributed by atoms with Crippen LogP contribution in [0.1, 0.15) is 19.8 Å². The van der Waals surface area contributed by atoms with Gasteiger partial charge in [-0.25, -0.2) is 4.98 Å². The van der Waals surface area contributed by atoms with Gasteiger partial charge in [0.25, 0.3) is 5.56 Å². The van der Waals surface area contributed by atoms with Crippen molar-refractivity contribution in [3.05, 3.63) is 34.6 Å². The Kier molecular flexibility index (Phi) is 4.92. The molecule has 2 aromatic rings. The van der Waals surface area contributed by atoms with E-state index in [2.05, 4.69) is 15.3 Å². The standard InChI is InChI=1S/C14H19N3O2/c1-2-19-10-6-5-9-15-14-16-12-8-4-3-7-11(12)13(18)17-14/h3-4,7-8H,2,5-6,9-10H2,1H3,(H2,15,16,17,18). The topological polar surface area (TPSA) is 67.0 Å². The average Bonchev–Trinajstić information content (AvgIpc) is 2.43. The van der Waals surface area contributed by atoms with E-state index in [1.54, 1.807) is 6.07 Å². The number of anilines is 1. The molecule has 0 saturated carbocycles. The third kappa shape index (κ3) is 3.79. The summed E-state index contributed by atoms with van der Waals surface area (Å²) in [6.07, 6.45) is 1.98. The molecular weight excluding hydrogens is 242 g/mol. The Morgan fingerprint density at radius 1 is 1.32 bits per heavy atom. The molecule has 0 amide bonds. The zero-order chi connectivity index (χ0) is 13.5. The number of benzene rings is 1. The summed E-state index contributed by atoms with van der Waals surface area (Å²) in [6, 6.07) is 7.32. The van der Waals surface area contributed by atoms with Gasteiger partial charge in [-0.15, -0.1) is 0 Å². The van der Waals surface area contributed by atoms with Crippen LogP contribution in [0.2, 0.25) is 0 Å². The average molecular weight is 261 g/mol. The van der Waals surface area contributed by atoms with Crippen molar-refractivity contribution in [1.82, 2.24) is 9.97 Å². The van der Waals surface area contributed by atoms with Gasteiger partial charge < -0.3 is 10.1 Å². The van der Waals surface area contributed by atoms with Gasteiger partial charge in [0.05, 0.1) is 10.9 Å². The number of H-pyrrole nitrogens is 1. The fourth-order valence-corrected chi connectivity index (χ4v) is 1.85. The first-order valence-electron chi connectivity index (χ1n) is 6.62. The van der Waals surface area contributed by atoms with Gasteiger partial charge in [-0.3, -0.25) is 9.78 Å². The quantitative estimate of drug-likeness (QED) is 0.749. The van der Waals surface area contributed by atoms with Crippen molar-refractivity contribution in [3.8, 4) is 0 Å². The number of fused-ring (bicyclic) bond motifs is 1. The maximum Gasteiger partial charge on any atom is 0.260 e. The molecule has 1 heterocycles. The van der Waals surface area contributed by atoms with E-state index in [-0.39, 0.29) is 5.56 Å². The van der Waals surface area contributed by atoms with Crippen LogP contribution in [0.15, 0.2) is 29.1 Å². The van der Waals surface area contributed by atoms with Gasteiger partial charge in [0, 0.05) is 19.8 Å². The van der Waals surface area contributed by atoms with Gasteiger partial charge in [0.15, 0.2) is 0 Å². The molecule has 5 heteroatoms. The highest BCUT2D eigenvalue weighted by Gasteiger charge is 2.01. The largest absolute Gasteiger partial charge is 0.382 e. The number of hydrogen-bond acceptors (Lipinski definition) is 4. The molecule has 0 spiro atoms. The first-order valence-corrected chi connectivity index (χ1v) is 6.62. The van der Waals surface area contributed by atoms with E-state index in [1.165, 1.54) is 0 Å². The third-order valence-corrected chi connectivity index (χ3v) is 2.82. The van der Waals surface area contributed by atoms with E-state index in [0.717, 1.165) is 32.6 Å². The zero-order valence-electron chi connectivity index (χ0n) is 11.1. The van der Waals surface area contributed by atoms with E-state index in [0.29, 0.717) is 16.9 Å². The molecule has 102 valence electrons. The third-order valence-electron chi connectivity index (χ3n) is 2.82. The number of ether oxygens (including phenoxy) is 1. The lowest BCUT2D eigenvalue weighted by atomic mass is 10.2. The zero-order valence-corrected chi connectivity index (χ0v) is 11.1. The van der Waals surface area contributed by atoms with Gasteiger partial charge in [-0.1, -0.05) is 12.1 Å². The molecule has 0 saturated heterocycles. The minimum atomic E-state index is -0.109. The predicted molar refractivity (Wildman–Crippen MR) is 76.6 cm³/mol. The van der Waals surface area contributed by atoms with Crippen molar-refractivity contribution in [3.63, 3.8) is 0 Å². The number of rotatable bonds is 7. The summed E-state index contributed by atoms with van der Waals surface area (Å²) in [5, 5.41) is 3.75. The van der Waals surface area contributed by atoms with Crippen LogP contribution in [0.4, 0.5) is 5.95 Å². The summed E-state index contributed by atoms with van der Waals surface area (Å²) in [6.45, 7) is 4.29. The van der Waals surface area contributed by atoms with Crippen LogP contribution >= 0.6 is 0 Å². The Morgan fingerprint density at radius 3 is 3.00 bits per heavy atom. The lowest BCUT2D eigenvalue weighted by Gasteiger charge is -2.06. The smallest absolute Gasteiger partial charge is 0.260 e. The van der Waals surface area contributed by atoms with E-state index in [1.807, 2.05) is 25.1 Å². The fourth-order valence-electron chi connectivity index (χ4n) is 1.85. The highest BCUT2D eigenvalue weighted by Crippen LogP contribution is 2.07. The van der Waals surface area contributed by atoms with Crippen molar-refractivity contribution >= 4 is 16.9 Å². The molecule has 19 heavy (non-hydrogen) atoms. The molecule has 1 aromatic heterocycles. The lowest BCUT2D eigenvalue weighted by molar-refractivity contribution is 0.144. The van der Waals surface area contributed by atoms with Gasteiger partial charge >= 0.3 is 0 Å². The van der Waals surface area contributed by atoms with E-state index in [9.17, 15) is 4.79 Å². The Labute approximate surface area is 112 Å². The van der Waals surface area contributed by atoms with Gasteiger partial charge in [-0.2, -0.15) is 0 Å². The van der Waals surface area contributed by atoms with Crippen LogP contribution in [-0.2, 0) is 4.74 Å². The fraction of sp³-hybridized carbons (Fsp3) is 0.429. The van der Waals surface area contributed by atoms with E-state index >= 15 is 0 Å². The highest BCUT2D eigenvalue weighted by atomic mass is 16.5. The molecule has 0 aliphatic heterocycles. The maximum absolute atomic E-state index is 11.8. The van der Waals surface area contributed by atoms with Crippen LogP contribution in [0.5, 0.6) is 0 Å². The Balaban J connectivity index is 1.92. The SMILES string of the molecule is CCOCCCCNc1nc2ccccc2c(=O)[nH]1.